The minimum atomic E-state index is 0.508. The van der Waals surface area contributed by atoms with Gasteiger partial charge in [-0.3, -0.25) is 5.32 Å². The first-order chi connectivity index (χ1) is 5.33. The van der Waals surface area contributed by atoms with E-state index in [4.69, 9.17) is 0 Å². The smallest absolute Gasteiger partial charge is 0.0544 e. The van der Waals surface area contributed by atoms with Crippen LogP contribution in [0.2, 0.25) is 0 Å². The van der Waals surface area contributed by atoms with Crippen molar-refractivity contribution in [2.24, 2.45) is 0 Å². The maximum absolute atomic E-state index is 3.50. The lowest BCUT2D eigenvalue weighted by atomic mass is 10.3. The molecule has 0 saturated heterocycles. The van der Waals surface area contributed by atoms with Crippen LogP contribution in [-0.4, -0.2) is 18.8 Å². The minimum Gasteiger partial charge on any atom is -0.302 e. The van der Waals surface area contributed by atoms with E-state index in [1.165, 1.54) is 25.7 Å². The summed E-state index contributed by atoms with van der Waals surface area (Å²) >= 11 is 0. The number of rotatable bonds is 6. The summed E-state index contributed by atoms with van der Waals surface area (Å²) in [6.45, 7) is 5.58. The first-order valence-electron chi connectivity index (χ1n) is 4.82. The molecule has 0 aliphatic heterocycles. The molecular weight excluding hydrogens is 136 g/mol. The number of hydrogen-bond donors (Lipinski definition) is 2. The molecule has 1 aliphatic carbocycles. The van der Waals surface area contributed by atoms with Gasteiger partial charge in [-0.05, 0) is 32.7 Å². The van der Waals surface area contributed by atoms with E-state index >= 15 is 0 Å². The molecule has 2 N–H and O–H groups in total. The lowest BCUT2D eigenvalue weighted by Gasteiger charge is -2.14. The summed E-state index contributed by atoms with van der Waals surface area (Å²) < 4.78 is 0. The zero-order valence-corrected chi connectivity index (χ0v) is 7.69. The maximum Gasteiger partial charge on any atom is 0.0544 e. The van der Waals surface area contributed by atoms with E-state index in [0.717, 1.165) is 12.6 Å². The molecule has 0 aromatic carbocycles. The molecule has 66 valence electrons. The molecule has 1 aliphatic rings. The predicted octanol–water partition coefficient (Wildman–Crippen LogP) is 1.47. The topological polar surface area (TPSA) is 24.1 Å². The summed E-state index contributed by atoms with van der Waals surface area (Å²) in [6.07, 6.45) is 5.83. The van der Waals surface area contributed by atoms with E-state index in [9.17, 15) is 0 Å². The molecule has 0 bridgehead atoms. The second kappa shape index (κ2) is 4.73. The Morgan fingerprint density at radius 2 is 2.18 bits per heavy atom. The summed E-state index contributed by atoms with van der Waals surface area (Å²) in [4.78, 5) is 0. The Hall–Kier alpha value is -0.0800. The fourth-order valence-electron chi connectivity index (χ4n) is 1.16. The molecule has 0 spiro atoms. The van der Waals surface area contributed by atoms with Crippen molar-refractivity contribution >= 4 is 0 Å². The van der Waals surface area contributed by atoms with Crippen molar-refractivity contribution in [2.45, 2.75) is 51.7 Å². The molecule has 2 nitrogen and oxygen atoms in total. The molecular formula is C9H20N2. The second-order valence-electron chi connectivity index (χ2n) is 3.47. The normalized spacial score (nSPS) is 20.2. The van der Waals surface area contributed by atoms with Gasteiger partial charge in [-0.1, -0.05) is 13.3 Å². The zero-order valence-electron chi connectivity index (χ0n) is 7.69. The highest BCUT2D eigenvalue weighted by atomic mass is 15.1. The van der Waals surface area contributed by atoms with Crippen molar-refractivity contribution in [1.82, 2.24) is 10.6 Å². The molecule has 1 unspecified atom stereocenters. The molecule has 1 rings (SSSR count). The highest BCUT2D eigenvalue weighted by Crippen LogP contribution is 2.18. The van der Waals surface area contributed by atoms with Crippen molar-refractivity contribution < 1.29 is 0 Å². The lowest BCUT2D eigenvalue weighted by molar-refractivity contribution is 0.446. The number of unbranched alkanes of at least 4 members (excludes halogenated alkanes) is 1. The van der Waals surface area contributed by atoms with E-state index in [-0.39, 0.29) is 0 Å². The molecule has 0 heterocycles. The first kappa shape index (κ1) is 9.01. The van der Waals surface area contributed by atoms with E-state index in [0.29, 0.717) is 6.17 Å². The van der Waals surface area contributed by atoms with Gasteiger partial charge in [-0.2, -0.15) is 0 Å². The van der Waals surface area contributed by atoms with Crippen LogP contribution in [0.15, 0.2) is 0 Å². The van der Waals surface area contributed by atoms with Crippen LogP contribution in [0.1, 0.15) is 39.5 Å². The molecule has 11 heavy (non-hydrogen) atoms. The zero-order chi connectivity index (χ0) is 8.10. The third kappa shape index (κ3) is 4.38. The minimum absolute atomic E-state index is 0.508. The van der Waals surface area contributed by atoms with Crippen LogP contribution in [-0.2, 0) is 0 Å². The van der Waals surface area contributed by atoms with Crippen LogP contribution in [0.25, 0.3) is 0 Å². The fraction of sp³-hybridized carbons (Fsp3) is 1.00. The summed E-state index contributed by atoms with van der Waals surface area (Å²) in [6, 6.07) is 0.819. The highest BCUT2D eigenvalue weighted by Gasteiger charge is 2.21. The Bertz CT molecular complexity index is 99.7. The van der Waals surface area contributed by atoms with Gasteiger partial charge in [0.05, 0.1) is 6.17 Å². The van der Waals surface area contributed by atoms with Crippen molar-refractivity contribution in [2.75, 3.05) is 6.54 Å². The lowest BCUT2D eigenvalue weighted by Crippen LogP contribution is -2.41. The van der Waals surface area contributed by atoms with Crippen molar-refractivity contribution in [3.63, 3.8) is 0 Å². The molecule has 1 atom stereocenters. The monoisotopic (exact) mass is 156 g/mol. The second-order valence-corrected chi connectivity index (χ2v) is 3.47. The van der Waals surface area contributed by atoms with Gasteiger partial charge in [0.2, 0.25) is 0 Å². The third-order valence-electron chi connectivity index (χ3n) is 2.04. The Morgan fingerprint density at radius 1 is 1.45 bits per heavy atom. The standard InChI is InChI=1S/C9H20N2/c1-3-4-7-10-8(2)11-9-5-6-9/h8-11H,3-7H2,1-2H3. The molecule has 1 fully saturated rings. The molecule has 0 aromatic rings. The predicted molar refractivity (Wildman–Crippen MR) is 48.5 cm³/mol. The van der Waals surface area contributed by atoms with E-state index in [1.807, 2.05) is 0 Å². The number of nitrogens with one attached hydrogen (secondary N) is 2. The summed E-state index contributed by atoms with van der Waals surface area (Å²) in [5, 5.41) is 6.95. The molecule has 0 radical (unpaired) electrons. The van der Waals surface area contributed by atoms with Gasteiger partial charge in [0, 0.05) is 6.04 Å². The SMILES string of the molecule is CCCCNC(C)NC1CC1. The Balaban J connectivity index is 1.87. The Labute approximate surface area is 69.8 Å². The average Bonchev–Trinajstić information content (AvgIpc) is 2.72. The fourth-order valence-corrected chi connectivity index (χ4v) is 1.16. The van der Waals surface area contributed by atoms with Crippen LogP contribution < -0.4 is 10.6 Å². The molecule has 0 amide bonds. The Kier molecular flexibility index (Phi) is 3.87. The van der Waals surface area contributed by atoms with Gasteiger partial charge in [0.1, 0.15) is 0 Å². The maximum atomic E-state index is 3.50. The molecule has 2 heteroatoms. The molecule has 1 saturated carbocycles. The van der Waals surface area contributed by atoms with Crippen LogP contribution in [0, 0.1) is 0 Å². The van der Waals surface area contributed by atoms with E-state index in [2.05, 4.69) is 24.5 Å². The van der Waals surface area contributed by atoms with Gasteiger partial charge in [-0.25, -0.2) is 0 Å². The van der Waals surface area contributed by atoms with E-state index in [1.54, 1.807) is 0 Å². The third-order valence-corrected chi connectivity index (χ3v) is 2.04. The Morgan fingerprint density at radius 3 is 2.73 bits per heavy atom. The highest BCUT2D eigenvalue weighted by molar-refractivity contribution is 4.82. The van der Waals surface area contributed by atoms with Gasteiger partial charge >= 0.3 is 0 Å². The quantitative estimate of drug-likeness (QED) is 0.449. The van der Waals surface area contributed by atoms with Crippen molar-refractivity contribution in [3.05, 3.63) is 0 Å². The van der Waals surface area contributed by atoms with Gasteiger partial charge in [0.25, 0.3) is 0 Å². The van der Waals surface area contributed by atoms with Crippen LogP contribution in [0.3, 0.4) is 0 Å². The molecule has 0 aromatic heterocycles. The van der Waals surface area contributed by atoms with Crippen LogP contribution in [0.4, 0.5) is 0 Å². The van der Waals surface area contributed by atoms with Crippen molar-refractivity contribution in [1.29, 1.82) is 0 Å². The van der Waals surface area contributed by atoms with Gasteiger partial charge < -0.3 is 5.32 Å². The van der Waals surface area contributed by atoms with Crippen LogP contribution >= 0.6 is 0 Å². The van der Waals surface area contributed by atoms with Crippen LogP contribution in [0.5, 0.6) is 0 Å². The van der Waals surface area contributed by atoms with Crippen molar-refractivity contribution in [3.8, 4) is 0 Å². The summed E-state index contributed by atoms with van der Waals surface area (Å²) in [5.41, 5.74) is 0. The average molecular weight is 156 g/mol. The first-order valence-corrected chi connectivity index (χ1v) is 4.82. The number of hydrogen-bond acceptors (Lipinski definition) is 2. The summed E-state index contributed by atoms with van der Waals surface area (Å²) in [7, 11) is 0. The van der Waals surface area contributed by atoms with Gasteiger partial charge in [-0.15, -0.1) is 0 Å². The largest absolute Gasteiger partial charge is 0.302 e. The van der Waals surface area contributed by atoms with E-state index < -0.39 is 0 Å². The summed E-state index contributed by atoms with van der Waals surface area (Å²) in [5.74, 6) is 0. The van der Waals surface area contributed by atoms with Gasteiger partial charge in [0.15, 0.2) is 0 Å².